The number of amides is 1. The fraction of sp³-hybridized carbons (Fsp3) is 0.409. The van der Waals surface area contributed by atoms with Gasteiger partial charge in [0.15, 0.2) is 0 Å². The first-order valence-electron chi connectivity index (χ1n) is 10.4. The molecule has 1 aliphatic heterocycles. The van der Waals surface area contributed by atoms with Gasteiger partial charge in [0.2, 0.25) is 5.91 Å². The Balaban J connectivity index is 1.61. The van der Waals surface area contributed by atoms with E-state index in [9.17, 15) is 25.0 Å². The molecule has 0 aromatic heterocycles. The second kappa shape index (κ2) is 8.43. The number of carbonyl (C=O) groups is 1. The molecule has 0 radical (unpaired) electrons. The number of hydrogen-bond donors (Lipinski definition) is 0. The minimum atomic E-state index is -0.680. The van der Waals surface area contributed by atoms with Crippen molar-refractivity contribution >= 4 is 17.3 Å². The smallest absolute Gasteiger partial charge is 0.279 e. The molecule has 0 bridgehead atoms. The number of carbonyl (C=O) groups excluding carboxylic acids is 1. The molecule has 4 rings (SSSR count). The van der Waals surface area contributed by atoms with E-state index in [1.165, 1.54) is 17.7 Å². The Morgan fingerprint density at radius 3 is 2.48 bits per heavy atom. The molecule has 1 amide bonds. The highest BCUT2D eigenvalue weighted by Crippen LogP contribution is 2.39. The van der Waals surface area contributed by atoms with Crippen LogP contribution in [0.2, 0.25) is 0 Å². The molecule has 1 fully saturated rings. The van der Waals surface area contributed by atoms with E-state index < -0.39 is 15.5 Å². The monoisotopic (exact) mass is 424 g/mol. The largest absolute Gasteiger partial charge is 0.337 e. The average Bonchev–Trinajstić information content (AvgIpc) is 3.40. The lowest BCUT2D eigenvalue weighted by molar-refractivity contribution is -0.394. The summed E-state index contributed by atoms with van der Waals surface area (Å²) in [7, 11) is 1.75. The first-order chi connectivity index (χ1) is 14.9. The van der Waals surface area contributed by atoms with Gasteiger partial charge >= 0.3 is 0 Å². The summed E-state index contributed by atoms with van der Waals surface area (Å²) in [5, 5.41) is 22.4. The predicted octanol–water partition coefficient (Wildman–Crippen LogP) is 3.27. The van der Waals surface area contributed by atoms with Gasteiger partial charge in [-0.3, -0.25) is 29.9 Å². The highest BCUT2D eigenvalue weighted by molar-refractivity contribution is 5.80. The van der Waals surface area contributed by atoms with Crippen molar-refractivity contribution in [2.24, 2.45) is 0 Å². The van der Waals surface area contributed by atoms with E-state index in [2.05, 4.69) is 11.0 Å². The third-order valence-corrected chi connectivity index (χ3v) is 6.41. The minimum absolute atomic E-state index is 0.126. The van der Waals surface area contributed by atoms with E-state index in [-0.39, 0.29) is 35.7 Å². The van der Waals surface area contributed by atoms with Gasteiger partial charge in [-0.15, -0.1) is 0 Å². The van der Waals surface area contributed by atoms with Gasteiger partial charge in [0.1, 0.15) is 0 Å². The van der Waals surface area contributed by atoms with E-state index in [4.69, 9.17) is 0 Å². The molecule has 162 valence electrons. The van der Waals surface area contributed by atoms with Crippen molar-refractivity contribution in [3.05, 3.63) is 79.4 Å². The van der Waals surface area contributed by atoms with Crippen LogP contribution in [0.15, 0.2) is 42.5 Å². The molecule has 2 unspecified atom stereocenters. The highest BCUT2D eigenvalue weighted by atomic mass is 16.6. The topological polar surface area (TPSA) is 110 Å². The fourth-order valence-corrected chi connectivity index (χ4v) is 4.85. The van der Waals surface area contributed by atoms with E-state index in [0.29, 0.717) is 0 Å². The number of likely N-dealkylation sites (N-methyl/N-ethyl adjacent to an activating group) is 1. The third kappa shape index (κ3) is 4.00. The number of likely N-dealkylation sites (tertiary alicyclic amines) is 1. The lowest BCUT2D eigenvalue weighted by Gasteiger charge is -2.35. The summed E-state index contributed by atoms with van der Waals surface area (Å²) in [5.74, 6) is -0.247. The first-order valence-corrected chi connectivity index (χ1v) is 10.4. The van der Waals surface area contributed by atoms with Gasteiger partial charge in [-0.25, -0.2) is 0 Å². The minimum Gasteiger partial charge on any atom is -0.337 e. The number of non-ortho nitro benzene ring substituents is 1. The number of nitro benzene ring substituents is 2. The van der Waals surface area contributed by atoms with Crippen molar-refractivity contribution < 1.29 is 14.6 Å². The van der Waals surface area contributed by atoms with E-state index in [1.54, 1.807) is 11.9 Å². The standard InChI is InChI=1S/C22H24N4O5/c1-23(21(27)13-16-8-9-17(25(28)29)14-19(16)26(30)31)22-18-7-3-2-6-15(18)12-20(22)24-10-4-5-11-24/h2-3,6-9,14,20,22H,4-5,10-13H2,1H3. The van der Waals surface area contributed by atoms with Gasteiger partial charge in [-0.2, -0.15) is 0 Å². The van der Waals surface area contributed by atoms with E-state index >= 15 is 0 Å². The van der Waals surface area contributed by atoms with Gasteiger partial charge in [0.25, 0.3) is 11.4 Å². The summed E-state index contributed by atoms with van der Waals surface area (Å²) in [6.07, 6.45) is 2.98. The number of nitrogens with zero attached hydrogens (tertiary/aromatic N) is 4. The maximum Gasteiger partial charge on any atom is 0.279 e. The third-order valence-electron chi connectivity index (χ3n) is 6.41. The Labute approximate surface area is 179 Å². The highest BCUT2D eigenvalue weighted by Gasteiger charge is 2.41. The first kappa shape index (κ1) is 20.9. The quantitative estimate of drug-likeness (QED) is 0.520. The van der Waals surface area contributed by atoms with Crippen LogP contribution in [0.5, 0.6) is 0 Å². The molecule has 1 heterocycles. The molecule has 9 heteroatoms. The van der Waals surface area contributed by atoms with Gasteiger partial charge in [0.05, 0.1) is 28.4 Å². The van der Waals surface area contributed by atoms with Crippen LogP contribution in [-0.2, 0) is 17.6 Å². The van der Waals surface area contributed by atoms with Crippen molar-refractivity contribution in [2.75, 3.05) is 20.1 Å². The predicted molar refractivity (Wildman–Crippen MR) is 114 cm³/mol. The average molecular weight is 424 g/mol. The van der Waals surface area contributed by atoms with Crippen LogP contribution in [-0.4, -0.2) is 51.7 Å². The van der Waals surface area contributed by atoms with Crippen molar-refractivity contribution in [3.8, 4) is 0 Å². The second-order valence-electron chi connectivity index (χ2n) is 8.17. The van der Waals surface area contributed by atoms with Crippen molar-refractivity contribution in [1.29, 1.82) is 0 Å². The summed E-state index contributed by atoms with van der Waals surface area (Å²) in [5.41, 5.74) is 1.75. The Bertz CT molecular complexity index is 1030. The zero-order chi connectivity index (χ0) is 22.1. The maximum absolute atomic E-state index is 13.2. The molecule has 1 aliphatic carbocycles. The van der Waals surface area contributed by atoms with Gasteiger partial charge in [-0.1, -0.05) is 24.3 Å². The van der Waals surface area contributed by atoms with Gasteiger partial charge < -0.3 is 4.90 Å². The number of rotatable bonds is 6. The molecule has 0 saturated carbocycles. The lowest BCUT2D eigenvalue weighted by atomic mass is 10.0. The van der Waals surface area contributed by atoms with Crippen LogP contribution in [0.4, 0.5) is 11.4 Å². The van der Waals surface area contributed by atoms with E-state index in [0.717, 1.165) is 44.0 Å². The summed E-state index contributed by atoms with van der Waals surface area (Å²) in [6.45, 7) is 2.01. The maximum atomic E-state index is 13.2. The van der Waals surface area contributed by atoms with E-state index in [1.807, 2.05) is 18.2 Å². The molecule has 31 heavy (non-hydrogen) atoms. The molecule has 2 aliphatic rings. The normalized spacial score (nSPS) is 20.4. The zero-order valence-corrected chi connectivity index (χ0v) is 17.3. The number of benzene rings is 2. The summed E-state index contributed by atoms with van der Waals surface area (Å²) in [6, 6.07) is 11.6. The number of fused-ring (bicyclic) bond motifs is 1. The Kier molecular flexibility index (Phi) is 5.69. The molecular weight excluding hydrogens is 400 g/mol. The lowest BCUT2D eigenvalue weighted by Crippen LogP contribution is -2.44. The van der Waals surface area contributed by atoms with Crippen LogP contribution >= 0.6 is 0 Å². The van der Waals surface area contributed by atoms with Gasteiger partial charge in [0, 0.05) is 24.7 Å². The summed E-state index contributed by atoms with van der Waals surface area (Å²) < 4.78 is 0. The molecule has 2 aromatic carbocycles. The van der Waals surface area contributed by atoms with Gasteiger partial charge in [-0.05, 0) is 49.5 Å². The van der Waals surface area contributed by atoms with Crippen molar-refractivity contribution in [3.63, 3.8) is 0 Å². The Morgan fingerprint density at radius 2 is 1.81 bits per heavy atom. The molecular formula is C22H24N4O5. The fourth-order valence-electron chi connectivity index (χ4n) is 4.85. The second-order valence-corrected chi connectivity index (χ2v) is 8.17. The molecule has 9 nitrogen and oxygen atoms in total. The van der Waals surface area contributed by atoms with Crippen LogP contribution in [0.1, 0.15) is 35.6 Å². The van der Waals surface area contributed by atoms with Crippen LogP contribution in [0.3, 0.4) is 0 Å². The Morgan fingerprint density at radius 1 is 1.10 bits per heavy atom. The number of nitro groups is 2. The molecule has 1 saturated heterocycles. The summed E-state index contributed by atoms with van der Waals surface area (Å²) >= 11 is 0. The zero-order valence-electron chi connectivity index (χ0n) is 17.3. The Hall–Kier alpha value is -3.33. The molecule has 0 spiro atoms. The molecule has 0 N–H and O–H groups in total. The summed E-state index contributed by atoms with van der Waals surface area (Å²) in [4.78, 5) is 38.4. The van der Waals surface area contributed by atoms with Crippen molar-refractivity contribution in [2.45, 2.75) is 37.8 Å². The molecule has 2 atom stereocenters. The van der Waals surface area contributed by atoms with Crippen LogP contribution in [0, 0.1) is 20.2 Å². The number of hydrogen-bond acceptors (Lipinski definition) is 6. The van der Waals surface area contributed by atoms with Crippen LogP contribution < -0.4 is 0 Å². The van der Waals surface area contributed by atoms with Crippen LogP contribution in [0.25, 0.3) is 0 Å². The molecule has 2 aromatic rings. The SMILES string of the molecule is CN(C(=O)Cc1ccc([N+](=O)[O-])cc1[N+](=O)[O-])C1c2ccccc2CC1N1CCCC1. The van der Waals surface area contributed by atoms with Crippen molar-refractivity contribution in [1.82, 2.24) is 9.80 Å².